The van der Waals surface area contributed by atoms with Crippen LogP contribution in [0, 0.1) is 12.3 Å². The van der Waals surface area contributed by atoms with Crippen molar-refractivity contribution in [1.82, 2.24) is 0 Å². The topological polar surface area (TPSA) is 41.3 Å². The van der Waals surface area contributed by atoms with Crippen LogP contribution >= 0.6 is 0 Å². The minimum atomic E-state index is 0.417. The standard InChI is InChI=1S/C20H33N3/c1-15-14-18(23-12-10-20(2,3)11-13-23)8-9-19(15)22-17-6-4-16(21)5-7-17/h8-9,14,16-17,22H,4-7,10-13,21H2,1-3H3. The number of rotatable bonds is 3. The van der Waals surface area contributed by atoms with Crippen molar-refractivity contribution in [3.05, 3.63) is 23.8 Å². The predicted octanol–water partition coefficient (Wildman–Crippen LogP) is 4.30. The van der Waals surface area contributed by atoms with Crippen molar-refractivity contribution in [2.45, 2.75) is 71.4 Å². The molecule has 1 aromatic rings. The molecule has 1 heterocycles. The second-order valence-electron chi connectivity index (χ2n) is 8.41. The van der Waals surface area contributed by atoms with Crippen LogP contribution in [0.4, 0.5) is 11.4 Å². The SMILES string of the molecule is Cc1cc(N2CCC(C)(C)CC2)ccc1NC1CCC(N)CC1. The lowest BCUT2D eigenvalue weighted by Crippen LogP contribution is -2.37. The van der Waals surface area contributed by atoms with Gasteiger partial charge in [-0.3, -0.25) is 0 Å². The molecule has 0 aromatic heterocycles. The van der Waals surface area contributed by atoms with E-state index in [4.69, 9.17) is 5.73 Å². The molecule has 3 heteroatoms. The summed E-state index contributed by atoms with van der Waals surface area (Å²) in [4.78, 5) is 2.54. The van der Waals surface area contributed by atoms with Gasteiger partial charge in [0.15, 0.2) is 0 Å². The Hall–Kier alpha value is -1.22. The van der Waals surface area contributed by atoms with Gasteiger partial charge >= 0.3 is 0 Å². The zero-order chi connectivity index (χ0) is 16.4. The smallest absolute Gasteiger partial charge is 0.0373 e. The first kappa shape index (κ1) is 16.6. The molecule has 1 saturated carbocycles. The number of nitrogens with one attached hydrogen (secondary N) is 1. The first-order valence-corrected chi connectivity index (χ1v) is 9.31. The molecule has 1 aliphatic carbocycles. The summed E-state index contributed by atoms with van der Waals surface area (Å²) < 4.78 is 0. The van der Waals surface area contributed by atoms with Gasteiger partial charge in [0.2, 0.25) is 0 Å². The number of hydrogen-bond donors (Lipinski definition) is 2. The number of aryl methyl sites for hydroxylation is 1. The molecule has 3 N–H and O–H groups in total. The van der Waals surface area contributed by atoms with Crippen LogP contribution < -0.4 is 16.0 Å². The summed E-state index contributed by atoms with van der Waals surface area (Å²) in [5.41, 5.74) is 10.6. The van der Waals surface area contributed by atoms with Gasteiger partial charge in [0.25, 0.3) is 0 Å². The van der Waals surface area contributed by atoms with Gasteiger partial charge in [-0.1, -0.05) is 13.8 Å². The Morgan fingerprint density at radius 1 is 1.09 bits per heavy atom. The maximum atomic E-state index is 6.01. The number of anilines is 2. The normalized spacial score (nSPS) is 27.7. The first-order valence-electron chi connectivity index (χ1n) is 9.31. The first-order chi connectivity index (χ1) is 10.9. The number of nitrogens with two attached hydrogens (primary N) is 1. The lowest BCUT2D eigenvalue weighted by Gasteiger charge is -2.38. The highest BCUT2D eigenvalue weighted by Gasteiger charge is 2.25. The van der Waals surface area contributed by atoms with E-state index >= 15 is 0 Å². The van der Waals surface area contributed by atoms with E-state index < -0.39 is 0 Å². The molecule has 3 nitrogen and oxygen atoms in total. The van der Waals surface area contributed by atoms with E-state index in [-0.39, 0.29) is 0 Å². The fourth-order valence-corrected chi connectivity index (χ4v) is 3.86. The number of nitrogens with zero attached hydrogens (tertiary/aromatic N) is 1. The molecule has 0 spiro atoms. The third-order valence-electron chi connectivity index (χ3n) is 5.82. The van der Waals surface area contributed by atoms with Crippen LogP contribution in [0.15, 0.2) is 18.2 Å². The average molecular weight is 316 g/mol. The van der Waals surface area contributed by atoms with Crippen molar-refractivity contribution in [1.29, 1.82) is 0 Å². The van der Waals surface area contributed by atoms with Gasteiger partial charge < -0.3 is 16.0 Å². The van der Waals surface area contributed by atoms with Crippen LogP contribution in [0.5, 0.6) is 0 Å². The Morgan fingerprint density at radius 2 is 1.74 bits per heavy atom. The van der Waals surface area contributed by atoms with Crippen LogP contribution in [0.25, 0.3) is 0 Å². The van der Waals surface area contributed by atoms with Crippen LogP contribution in [-0.4, -0.2) is 25.2 Å². The van der Waals surface area contributed by atoms with Gasteiger partial charge in [0, 0.05) is 36.5 Å². The molecular formula is C20H33N3. The Labute approximate surface area is 141 Å². The average Bonchev–Trinajstić information content (AvgIpc) is 2.51. The molecule has 2 aliphatic rings. The lowest BCUT2D eigenvalue weighted by atomic mass is 9.82. The molecule has 2 fully saturated rings. The van der Waals surface area contributed by atoms with Crippen molar-refractivity contribution >= 4 is 11.4 Å². The van der Waals surface area contributed by atoms with Crippen LogP contribution in [0.1, 0.15) is 57.9 Å². The van der Waals surface area contributed by atoms with E-state index in [0.717, 1.165) is 12.8 Å². The molecule has 3 rings (SSSR count). The van der Waals surface area contributed by atoms with Crippen molar-refractivity contribution < 1.29 is 0 Å². The molecule has 0 amide bonds. The molecular weight excluding hydrogens is 282 g/mol. The van der Waals surface area contributed by atoms with Crippen molar-refractivity contribution in [2.24, 2.45) is 11.1 Å². The summed E-state index contributed by atoms with van der Waals surface area (Å²) in [6.07, 6.45) is 7.27. The highest BCUT2D eigenvalue weighted by Crippen LogP contribution is 2.33. The zero-order valence-corrected chi connectivity index (χ0v) is 15.1. The van der Waals surface area contributed by atoms with Gasteiger partial charge in [-0.15, -0.1) is 0 Å². The van der Waals surface area contributed by atoms with E-state index in [1.165, 1.54) is 55.7 Å². The fourth-order valence-electron chi connectivity index (χ4n) is 3.86. The quantitative estimate of drug-likeness (QED) is 0.873. The van der Waals surface area contributed by atoms with Crippen LogP contribution in [0.2, 0.25) is 0 Å². The Bertz CT molecular complexity index is 520. The molecule has 23 heavy (non-hydrogen) atoms. The monoisotopic (exact) mass is 315 g/mol. The summed E-state index contributed by atoms with van der Waals surface area (Å²) in [6, 6.07) is 7.94. The van der Waals surface area contributed by atoms with Gasteiger partial charge in [-0.25, -0.2) is 0 Å². The molecule has 0 atom stereocenters. The summed E-state index contributed by atoms with van der Waals surface area (Å²) in [7, 11) is 0. The minimum Gasteiger partial charge on any atom is -0.382 e. The number of benzene rings is 1. The molecule has 1 aromatic carbocycles. The van der Waals surface area contributed by atoms with E-state index in [0.29, 0.717) is 17.5 Å². The summed E-state index contributed by atoms with van der Waals surface area (Å²) in [6.45, 7) is 9.37. The number of piperidine rings is 1. The maximum Gasteiger partial charge on any atom is 0.0373 e. The number of hydrogen-bond acceptors (Lipinski definition) is 3. The molecule has 0 radical (unpaired) electrons. The van der Waals surface area contributed by atoms with E-state index in [1.807, 2.05) is 0 Å². The lowest BCUT2D eigenvalue weighted by molar-refractivity contribution is 0.280. The Morgan fingerprint density at radius 3 is 2.35 bits per heavy atom. The van der Waals surface area contributed by atoms with Crippen LogP contribution in [0.3, 0.4) is 0 Å². The second-order valence-corrected chi connectivity index (χ2v) is 8.41. The van der Waals surface area contributed by atoms with Gasteiger partial charge in [-0.2, -0.15) is 0 Å². The fraction of sp³-hybridized carbons (Fsp3) is 0.700. The van der Waals surface area contributed by atoms with E-state index in [1.54, 1.807) is 0 Å². The largest absolute Gasteiger partial charge is 0.382 e. The minimum absolute atomic E-state index is 0.417. The summed E-state index contributed by atoms with van der Waals surface area (Å²) in [5.74, 6) is 0. The molecule has 1 aliphatic heterocycles. The van der Waals surface area contributed by atoms with E-state index in [9.17, 15) is 0 Å². The molecule has 1 saturated heterocycles. The molecule has 0 bridgehead atoms. The zero-order valence-electron chi connectivity index (χ0n) is 15.1. The Kier molecular flexibility index (Phi) is 4.86. The molecule has 128 valence electrons. The predicted molar refractivity (Wildman–Crippen MR) is 100 cm³/mol. The molecule has 0 unspecified atom stereocenters. The van der Waals surface area contributed by atoms with Gasteiger partial charge in [-0.05, 0) is 74.6 Å². The summed E-state index contributed by atoms with van der Waals surface area (Å²) >= 11 is 0. The summed E-state index contributed by atoms with van der Waals surface area (Å²) in [5, 5.41) is 3.74. The van der Waals surface area contributed by atoms with E-state index in [2.05, 4.69) is 49.2 Å². The van der Waals surface area contributed by atoms with Crippen molar-refractivity contribution in [3.8, 4) is 0 Å². The van der Waals surface area contributed by atoms with Gasteiger partial charge in [0.05, 0.1) is 0 Å². The third kappa shape index (κ3) is 4.20. The van der Waals surface area contributed by atoms with Crippen molar-refractivity contribution in [2.75, 3.05) is 23.3 Å². The maximum absolute atomic E-state index is 6.01. The Balaban J connectivity index is 1.62. The third-order valence-corrected chi connectivity index (χ3v) is 5.82. The van der Waals surface area contributed by atoms with Gasteiger partial charge in [0.1, 0.15) is 0 Å². The highest BCUT2D eigenvalue weighted by molar-refractivity contribution is 5.60. The van der Waals surface area contributed by atoms with Crippen LogP contribution in [-0.2, 0) is 0 Å². The van der Waals surface area contributed by atoms with Crippen molar-refractivity contribution in [3.63, 3.8) is 0 Å². The highest BCUT2D eigenvalue weighted by atomic mass is 15.1. The second kappa shape index (κ2) is 6.72.